The van der Waals surface area contributed by atoms with Gasteiger partial charge < -0.3 is 15.0 Å². The molecule has 1 heterocycles. The van der Waals surface area contributed by atoms with Gasteiger partial charge in [0.25, 0.3) is 5.91 Å². The highest BCUT2D eigenvalue weighted by Crippen LogP contribution is 2.21. The molecule has 134 valence electrons. The molecule has 1 aromatic heterocycles. The first-order chi connectivity index (χ1) is 12.5. The molecule has 0 saturated heterocycles. The van der Waals surface area contributed by atoms with Crippen LogP contribution in [0.15, 0.2) is 48.5 Å². The van der Waals surface area contributed by atoms with E-state index in [0.29, 0.717) is 11.3 Å². The molecule has 0 radical (unpaired) electrons. The third kappa shape index (κ3) is 3.74. The third-order valence-electron chi connectivity index (χ3n) is 4.29. The molecule has 0 spiro atoms. The summed E-state index contributed by atoms with van der Waals surface area (Å²) >= 11 is 0. The van der Waals surface area contributed by atoms with Gasteiger partial charge in [-0.05, 0) is 36.2 Å². The predicted molar refractivity (Wildman–Crippen MR) is 96.3 cm³/mol. The van der Waals surface area contributed by atoms with Crippen molar-refractivity contribution in [2.24, 2.45) is 0 Å². The molecule has 5 nitrogen and oxygen atoms in total. The first-order valence-electron chi connectivity index (χ1n) is 8.19. The summed E-state index contributed by atoms with van der Waals surface area (Å²) in [5.41, 5.74) is 2.94. The second-order valence-corrected chi connectivity index (χ2v) is 6.08. The Bertz CT molecular complexity index is 947. The van der Waals surface area contributed by atoms with Crippen molar-refractivity contribution in [3.63, 3.8) is 0 Å². The van der Waals surface area contributed by atoms with Gasteiger partial charge in [0.2, 0.25) is 0 Å². The van der Waals surface area contributed by atoms with Crippen LogP contribution >= 0.6 is 0 Å². The molecule has 0 aliphatic rings. The van der Waals surface area contributed by atoms with Crippen molar-refractivity contribution in [2.45, 2.75) is 19.4 Å². The molecular formula is C20H19FN2O3. The van der Waals surface area contributed by atoms with Gasteiger partial charge in [-0.15, -0.1) is 0 Å². The summed E-state index contributed by atoms with van der Waals surface area (Å²) in [7, 11) is 1.28. The molecule has 2 N–H and O–H groups in total. The summed E-state index contributed by atoms with van der Waals surface area (Å²) in [4.78, 5) is 27.5. The van der Waals surface area contributed by atoms with Crippen LogP contribution in [0.4, 0.5) is 4.39 Å². The van der Waals surface area contributed by atoms with Gasteiger partial charge in [-0.25, -0.2) is 4.39 Å². The fraction of sp³-hybridized carbons (Fsp3) is 0.200. The Morgan fingerprint density at radius 1 is 1.19 bits per heavy atom. The Labute approximate surface area is 150 Å². The number of aryl methyl sites for hydroxylation is 1. The summed E-state index contributed by atoms with van der Waals surface area (Å²) in [5, 5.41) is 3.75. The van der Waals surface area contributed by atoms with Crippen molar-refractivity contribution in [1.29, 1.82) is 0 Å². The zero-order valence-corrected chi connectivity index (χ0v) is 14.5. The number of methoxy groups -OCH3 is 1. The number of carbonyl (C=O) groups is 2. The number of rotatable bonds is 5. The van der Waals surface area contributed by atoms with Crippen LogP contribution in [0.25, 0.3) is 10.9 Å². The first kappa shape index (κ1) is 17.7. The number of halogens is 1. The van der Waals surface area contributed by atoms with E-state index in [1.54, 1.807) is 18.2 Å². The molecule has 3 rings (SSSR count). The van der Waals surface area contributed by atoms with Crippen LogP contribution in [0.1, 0.15) is 34.1 Å². The van der Waals surface area contributed by atoms with Crippen molar-refractivity contribution in [2.75, 3.05) is 7.11 Å². The van der Waals surface area contributed by atoms with Crippen molar-refractivity contribution in [1.82, 2.24) is 10.3 Å². The smallest absolute Gasteiger partial charge is 0.307 e. The number of esters is 1. The molecule has 1 atom stereocenters. The molecule has 0 bridgehead atoms. The number of hydrogen-bond acceptors (Lipinski definition) is 3. The summed E-state index contributed by atoms with van der Waals surface area (Å²) in [6.07, 6.45) is -0.0485. The number of para-hydroxylation sites is 1. The molecule has 6 heteroatoms. The largest absolute Gasteiger partial charge is 0.469 e. The zero-order chi connectivity index (χ0) is 18.7. The predicted octanol–water partition coefficient (Wildman–Crippen LogP) is 3.65. The lowest BCUT2D eigenvalue weighted by molar-refractivity contribution is -0.141. The van der Waals surface area contributed by atoms with E-state index in [9.17, 15) is 14.0 Å². The second kappa shape index (κ2) is 7.39. The van der Waals surface area contributed by atoms with Gasteiger partial charge in [-0.2, -0.15) is 0 Å². The van der Waals surface area contributed by atoms with Gasteiger partial charge in [0, 0.05) is 10.9 Å². The van der Waals surface area contributed by atoms with Gasteiger partial charge >= 0.3 is 5.97 Å². The highest BCUT2D eigenvalue weighted by Gasteiger charge is 2.21. The lowest BCUT2D eigenvalue weighted by Gasteiger charge is -2.18. The van der Waals surface area contributed by atoms with Gasteiger partial charge in [0.05, 0.1) is 19.6 Å². The normalized spacial score (nSPS) is 12.0. The van der Waals surface area contributed by atoms with Gasteiger partial charge in [0.1, 0.15) is 11.5 Å². The summed E-state index contributed by atoms with van der Waals surface area (Å²) < 4.78 is 17.9. The summed E-state index contributed by atoms with van der Waals surface area (Å²) in [6, 6.07) is 12.6. The first-order valence-corrected chi connectivity index (χ1v) is 8.19. The van der Waals surface area contributed by atoms with Gasteiger partial charge in [-0.3, -0.25) is 9.59 Å². The average molecular weight is 354 g/mol. The van der Waals surface area contributed by atoms with Crippen LogP contribution in [0.2, 0.25) is 0 Å². The van der Waals surface area contributed by atoms with E-state index in [1.807, 2.05) is 25.1 Å². The topological polar surface area (TPSA) is 71.2 Å². The van der Waals surface area contributed by atoms with E-state index in [4.69, 9.17) is 4.74 Å². The van der Waals surface area contributed by atoms with Crippen LogP contribution in [0.5, 0.6) is 0 Å². The van der Waals surface area contributed by atoms with E-state index in [2.05, 4.69) is 10.3 Å². The Morgan fingerprint density at radius 3 is 2.58 bits per heavy atom. The van der Waals surface area contributed by atoms with Crippen LogP contribution in [-0.4, -0.2) is 24.0 Å². The highest BCUT2D eigenvalue weighted by atomic mass is 19.1. The van der Waals surface area contributed by atoms with Crippen molar-refractivity contribution >= 4 is 22.8 Å². The molecule has 1 amide bonds. The van der Waals surface area contributed by atoms with Gasteiger partial charge in [0.15, 0.2) is 0 Å². The van der Waals surface area contributed by atoms with Crippen LogP contribution < -0.4 is 5.32 Å². The number of nitrogens with one attached hydrogen (secondary N) is 2. The summed E-state index contributed by atoms with van der Waals surface area (Å²) in [5.74, 6) is -1.20. The Balaban J connectivity index is 1.86. The second-order valence-electron chi connectivity index (χ2n) is 6.08. The Hall–Kier alpha value is -3.15. The van der Waals surface area contributed by atoms with Crippen LogP contribution in [0, 0.1) is 12.7 Å². The number of H-pyrrole nitrogens is 1. The average Bonchev–Trinajstić information content (AvgIpc) is 3.07. The minimum Gasteiger partial charge on any atom is -0.469 e. The molecule has 2 aromatic carbocycles. The maximum absolute atomic E-state index is 13.2. The molecule has 0 aliphatic carbocycles. The number of aromatic nitrogens is 1. The fourth-order valence-corrected chi connectivity index (χ4v) is 2.86. The van der Waals surface area contributed by atoms with E-state index in [-0.39, 0.29) is 18.1 Å². The van der Waals surface area contributed by atoms with E-state index in [1.165, 1.54) is 19.2 Å². The van der Waals surface area contributed by atoms with Crippen molar-refractivity contribution in [3.8, 4) is 0 Å². The number of benzene rings is 2. The van der Waals surface area contributed by atoms with Gasteiger partial charge in [-0.1, -0.05) is 30.3 Å². The molecule has 0 aliphatic heterocycles. The maximum Gasteiger partial charge on any atom is 0.307 e. The Kier molecular flexibility index (Phi) is 5.02. The number of hydrogen-bond donors (Lipinski definition) is 2. The highest BCUT2D eigenvalue weighted by molar-refractivity contribution is 5.99. The van der Waals surface area contributed by atoms with E-state index in [0.717, 1.165) is 16.5 Å². The minimum absolute atomic E-state index is 0.0485. The number of fused-ring (bicyclic) bond motifs is 1. The Morgan fingerprint density at radius 2 is 1.92 bits per heavy atom. The van der Waals surface area contributed by atoms with Crippen molar-refractivity contribution < 1.29 is 18.7 Å². The SMILES string of the molecule is COC(=O)CC(NC(=O)c1cc2cccc(C)c2[nH]1)c1ccc(F)cc1. The summed E-state index contributed by atoms with van der Waals surface area (Å²) in [6.45, 7) is 1.96. The van der Waals surface area contributed by atoms with E-state index >= 15 is 0 Å². The molecular weight excluding hydrogens is 335 g/mol. The van der Waals surface area contributed by atoms with Crippen LogP contribution in [-0.2, 0) is 9.53 Å². The molecule has 0 fully saturated rings. The van der Waals surface area contributed by atoms with Crippen LogP contribution in [0.3, 0.4) is 0 Å². The monoisotopic (exact) mass is 354 g/mol. The molecule has 3 aromatic rings. The number of ether oxygens (including phenoxy) is 1. The quantitative estimate of drug-likeness (QED) is 0.687. The van der Waals surface area contributed by atoms with Crippen molar-refractivity contribution in [3.05, 3.63) is 71.2 Å². The molecule has 0 saturated carbocycles. The standard InChI is InChI=1S/C20H19FN2O3/c1-12-4-3-5-14-10-17(22-19(12)14)20(25)23-16(11-18(24)26-2)13-6-8-15(21)9-7-13/h3-10,16,22H,11H2,1-2H3,(H,23,25). The maximum atomic E-state index is 13.2. The number of aromatic amines is 1. The number of amides is 1. The lowest BCUT2D eigenvalue weighted by Crippen LogP contribution is -2.30. The third-order valence-corrected chi connectivity index (χ3v) is 4.29. The number of carbonyl (C=O) groups excluding carboxylic acids is 2. The zero-order valence-electron chi connectivity index (χ0n) is 14.5. The molecule has 1 unspecified atom stereocenters. The lowest BCUT2D eigenvalue weighted by atomic mass is 10.0. The molecule has 26 heavy (non-hydrogen) atoms. The van der Waals surface area contributed by atoms with E-state index < -0.39 is 12.0 Å². The fourth-order valence-electron chi connectivity index (χ4n) is 2.86. The minimum atomic E-state index is -0.622.